The highest BCUT2D eigenvalue weighted by molar-refractivity contribution is 7.99. The smallest absolute Gasteiger partial charge is 0.305 e. The molecule has 29 heavy (non-hydrogen) atoms. The van der Waals surface area contributed by atoms with Crippen LogP contribution < -0.4 is 5.56 Å². The SMILES string of the molecule is CCOC(=O)CCCSc1nc2sc3c(c2c(=O)n1Cc1ccco1)CCCC3. The molecule has 0 bridgehead atoms. The van der Waals surface area contributed by atoms with Crippen molar-refractivity contribution in [2.75, 3.05) is 12.4 Å². The van der Waals surface area contributed by atoms with Crippen LogP contribution in [0.5, 0.6) is 0 Å². The van der Waals surface area contributed by atoms with Gasteiger partial charge >= 0.3 is 5.97 Å². The minimum absolute atomic E-state index is 0.0127. The second kappa shape index (κ2) is 9.17. The lowest BCUT2D eigenvalue weighted by atomic mass is 9.97. The van der Waals surface area contributed by atoms with E-state index in [1.807, 2.05) is 12.1 Å². The number of thioether (sulfide) groups is 1. The second-order valence-corrected chi connectivity index (χ2v) is 9.16. The zero-order valence-electron chi connectivity index (χ0n) is 16.4. The van der Waals surface area contributed by atoms with Crippen LogP contribution in [0.15, 0.2) is 32.8 Å². The highest BCUT2D eigenvalue weighted by atomic mass is 32.2. The molecular weight excluding hydrogens is 408 g/mol. The molecule has 0 spiro atoms. The van der Waals surface area contributed by atoms with Crippen LogP contribution in [0, 0.1) is 0 Å². The first-order chi connectivity index (χ1) is 14.2. The zero-order valence-corrected chi connectivity index (χ0v) is 18.1. The van der Waals surface area contributed by atoms with E-state index in [1.165, 1.54) is 28.6 Å². The van der Waals surface area contributed by atoms with Gasteiger partial charge in [0, 0.05) is 17.1 Å². The maximum atomic E-state index is 13.4. The second-order valence-electron chi connectivity index (χ2n) is 7.01. The third-order valence-electron chi connectivity index (χ3n) is 5.00. The Bertz CT molecular complexity index is 1050. The van der Waals surface area contributed by atoms with Crippen molar-refractivity contribution in [1.29, 1.82) is 0 Å². The summed E-state index contributed by atoms with van der Waals surface area (Å²) in [5.74, 6) is 1.24. The maximum absolute atomic E-state index is 13.4. The fraction of sp³-hybridized carbons (Fsp3) is 0.476. The molecule has 8 heteroatoms. The number of hydrogen-bond acceptors (Lipinski definition) is 7. The number of furan rings is 1. The normalized spacial score (nSPS) is 13.6. The Morgan fingerprint density at radius 2 is 2.24 bits per heavy atom. The van der Waals surface area contributed by atoms with Crippen LogP contribution in [0.1, 0.15) is 48.8 Å². The van der Waals surface area contributed by atoms with Crippen LogP contribution in [-0.4, -0.2) is 27.9 Å². The highest BCUT2D eigenvalue weighted by Crippen LogP contribution is 2.35. The molecule has 154 valence electrons. The summed E-state index contributed by atoms with van der Waals surface area (Å²) in [5, 5.41) is 1.47. The predicted octanol–water partition coefficient (Wildman–Crippen LogP) is 4.41. The fourth-order valence-electron chi connectivity index (χ4n) is 3.64. The number of ether oxygens (including phenoxy) is 1. The number of aromatic nitrogens is 2. The van der Waals surface area contributed by atoms with Crippen LogP contribution in [0.25, 0.3) is 10.2 Å². The third-order valence-corrected chi connectivity index (χ3v) is 7.24. The number of aryl methyl sites for hydroxylation is 2. The Hall–Kier alpha value is -2.06. The molecule has 6 nitrogen and oxygen atoms in total. The van der Waals surface area contributed by atoms with E-state index in [4.69, 9.17) is 14.1 Å². The van der Waals surface area contributed by atoms with Crippen molar-refractivity contribution in [2.24, 2.45) is 0 Å². The van der Waals surface area contributed by atoms with E-state index in [0.717, 1.165) is 35.2 Å². The molecule has 0 saturated carbocycles. The molecule has 0 amide bonds. The van der Waals surface area contributed by atoms with Gasteiger partial charge in [-0.05, 0) is 56.7 Å². The maximum Gasteiger partial charge on any atom is 0.305 e. The number of rotatable bonds is 8. The lowest BCUT2D eigenvalue weighted by molar-refractivity contribution is -0.143. The van der Waals surface area contributed by atoms with Crippen LogP contribution in [-0.2, 0) is 28.9 Å². The Morgan fingerprint density at radius 3 is 3.03 bits per heavy atom. The molecule has 3 heterocycles. The molecule has 1 aliphatic carbocycles. The number of carbonyl (C=O) groups excluding carboxylic acids is 1. The first-order valence-electron chi connectivity index (χ1n) is 10.0. The van der Waals surface area contributed by atoms with E-state index < -0.39 is 0 Å². The molecule has 0 fully saturated rings. The average Bonchev–Trinajstić information content (AvgIpc) is 3.35. The van der Waals surface area contributed by atoms with Crippen LogP contribution >= 0.6 is 23.1 Å². The largest absolute Gasteiger partial charge is 0.467 e. The Balaban J connectivity index is 1.64. The minimum Gasteiger partial charge on any atom is -0.467 e. The van der Waals surface area contributed by atoms with E-state index in [-0.39, 0.29) is 11.5 Å². The van der Waals surface area contributed by atoms with Crippen LogP contribution in [0.3, 0.4) is 0 Å². The van der Waals surface area contributed by atoms with Gasteiger partial charge in [0.05, 0.1) is 24.8 Å². The van der Waals surface area contributed by atoms with Crippen molar-refractivity contribution in [2.45, 2.75) is 57.1 Å². The summed E-state index contributed by atoms with van der Waals surface area (Å²) in [6.45, 7) is 2.56. The molecule has 0 atom stereocenters. The lowest BCUT2D eigenvalue weighted by Gasteiger charge is -2.12. The zero-order chi connectivity index (χ0) is 20.2. The van der Waals surface area contributed by atoms with Gasteiger partial charge < -0.3 is 9.15 Å². The van der Waals surface area contributed by atoms with E-state index in [9.17, 15) is 9.59 Å². The molecule has 0 N–H and O–H groups in total. The van der Waals surface area contributed by atoms with Gasteiger partial charge in [-0.25, -0.2) is 4.98 Å². The summed E-state index contributed by atoms with van der Waals surface area (Å²) in [5.41, 5.74) is 1.21. The molecule has 0 saturated heterocycles. The standard InChI is InChI=1S/C21H24N2O4S2/c1-2-26-17(24)10-6-12-28-21-22-19-18(15-8-3-4-9-16(15)29-19)20(25)23(21)13-14-7-5-11-27-14/h5,7,11H,2-4,6,8-10,12-13H2,1H3. The summed E-state index contributed by atoms with van der Waals surface area (Å²) >= 11 is 3.17. The highest BCUT2D eigenvalue weighted by Gasteiger charge is 2.22. The summed E-state index contributed by atoms with van der Waals surface area (Å²) in [4.78, 5) is 32.0. The number of fused-ring (bicyclic) bond motifs is 3. The molecule has 4 rings (SSSR count). The van der Waals surface area contributed by atoms with Gasteiger partial charge in [0.25, 0.3) is 5.56 Å². The van der Waals surface area contributed by atoms with Crippen molar-refractivity contribution in [3.8, 4) is 0 Å². The van der Waals surface area contributed by atoms with Crippen molar-refractivity contribution in [3.05, 3.63) is 45.0 Å². The van der Waals surface area contributed by atoms with Gasteiger partial charge in [-0.1, -0.05) is 11.8 Å². The minimum atomic E-state index is -0.185. The number of esters is 1. The lowest BCUT2D eigenvalue weighted by Crippen LogP contribution is -2.24. The van der Waals surface area contributed by atoms with Gasteiger partial charge in [0.1, 0.15) is 10.6 Å². The monoisotopic (exact) mass is 432 g/mol. The first-order valence-corrected chi connectivity index (χ1v) is 11.8. The van der Waals surface area contributed by atoms with E-state index in [0.29, 0.717) is 36.9 Å². The van der Waals surface area contributed by atoms with Gasteiger partial charge in [0.15, 0.2) is 5.16 Å². The molecule has 0 aromatic carbocycles. The Morgan fingerprint density at radius 1 is 1.38 bits per heavy atom. The third kappa shape index (κ3) is 4.43. The van der Waals surface area contributed by atoms with Gasteiger partial charge in [-0.3, -0.25) is 14.2 Å². The fourth-order valence-corrected chi connectivity index (χ4v) is 5.88. The summed E-state index contributed by atoms with van der Waals surface area (Å²) < 4.78 is 12.2. The van der Waals surface area contributed by atoms with Gasteiger partial charge in [0.2, 0.25) is 0 Å². The Kier molecular flexibility index (Phi) is 6.40. The summed E-state index contributed by atoms with van der Waals surface area (Å²) in [7, 11) is 0. The van der Waals surface area contributed by atoms with E-state index in [1.54, 1.807) is 29.1 Å². The molecule has 0 unspecified atom stereocenters. The van der Waals surface area contributed by atoms with Crippen molar-refractivity contribution < 1.29 is 13.9 Å². The van der Waals surface area contributed by atoms with Crippen molar-refractivity contribution >= 4 is 39.3 Å². The molecular formula is C21H24N2O4S2. The molecule has 1 aliphatic rings. The summed E-state index contributed by atoms with van der Waals surface area (Å²) in [6.07, 6.45) is 6.97. The number of carbonyl (C=O) groups is 1. The number of hydrogen-bond donors (Lipinski definition) is 0. The quantitative estimate of drug-likeness (QED) is 0.227. The first kappa shape index (κ1) is 20.2. The average molecular weight is 433 g/mol. The number of thiophene rings is 1. The molecule has 3 aromatic rings. The topological polar surface area (TPSA) is 74.3 Å². The van der Waals surface area contributed by atoms with Crippen molar-refractivity contribution in [3.63, 3.8) is 0 Å². The predicted molar refractivity (Wildman–Crippen MR) is 115 cm³/mol. The van der Waals surface area contributed by atoms with Gasteiger partial charge in [-0.15, -0.1) is 11.3 Å². The van der Waals surface area contributed by atoms with Crippen LogP contribution in [0.2, 0.25) is 0 Å². The molecule has 0 radical (unpaired) electrons. The van der Waals surface area contributed by atoms with Gasteiger partial charge in [-0.2, -0.15) is 0 Å². The molecule has 0 aliphatic heterocycles. The van der Waals surface area contributed by atoms with Crippen LogP contribution in [0.4, 0.5) is 0 Å². The van der Waals surface area contributed by atoms with E-state index in [2.05, 4.69) is 0 Å². The summed E-state index contributed by atoms with van der Waals surface area (Å²) in [6, 6.07) is 3.69. The number of nitrogens with zero attached hydrogens (tertiary/aromatic N) is 2. The van der Waals surface area contributed by atoms with Crippen molar-refractivity contribution in [1.82, 2.24) is 9.55 Å². The Labute approximate surface area is 177 Å². The molecule has 3 aromatic heterocycles. The van der Waals surface area contributed by atoms with E-state index >= 15 is 0 Å².